The predicted molar refractivity (Wildman–Crippen MR) is 77.0 cm³/mol. The standard InChI is InChI=1S/C11H18N4O3S2/c1-2-3-4-9-13-14-11(19-9)15-6-8(5-10(15)16)7-20(12,17)18/h8H,2-7H2,1H3,(H2,12,17,18). The summed E-state index contributed by atoms with van der Waals surface area (Å²) in [5.41, 5.74) is 0. The number of unbranched alkanes of at least 4 members (excludes halogenated alkanes) is 1. The van der Waals surface area contributed by atoms with Crippen LogP contribution in [0.15, 0.2) is 0 Å². The van der Waals surface area contributed by atoms with Crippen LogP contribution in [-0.4, -0.2) is 36.8 Å². The first kappa shape index (κ1) is 15.3. The SMILES string of the molecule is CCCCc1nnc(N2CC(CS(N)(=O)=O)CC2=O)s1. The Labute approximate surface area is 122 Å². The van der Waals surface area contributed by atoms with Crippen molar-refractivity contribution in [2.45, 2.75) is 32.6 Å². The largest absolute Gasteiger partial charge is 0.286 e. The summed E-state index contributed by atoms with van der Waals surface area (Å²) in [6, 6.07) is 0. The smallest absolute Gasteiger partial charge is 0.229 e. The third-order valence-electron chi connectivity index (χ3n) is 3.10. The van der Waals surface area contributed by atoms with Crippen molar-refractivity contribution in [3.63, 3.8) is 0 Å². The predicted octanol–water partition coefficient (Wildman–Crippen LogP) is 0.522. The van der Waals surface area contributed by atoms with Crippen LogP contribution >= 0.6 is 11.3 Å². The Hall–Kier alpha value is -1.06. The Morgan fingerprint density at radius 2 is 2.20 bits per heavy atom. The fraction of sp³-hybridized carbons (Fsp3) is 0.727. The first-order valence-electron chi connectivity index (χ1n) is 6.52. The van der Waals surface area contributed by atoms with Crippen molar-refractivity contribution in [1.82, 2.24) is 10.2 Å². The van der Waals surface area contributed by atoms with Crippen LogP contribution in [0.2, 0.25) is 0 Å². The molecule has 2 heterocycles. The van der Waals surface area contributed by atoms with Gasteiger partial charge in [0.25, 0.3) is 0 Å². The molecule has 1 amide bonds. The van der Waals surface area contributed by atoms with E-state index in [0.717, 1.165) is 24.3 Å². The molecule has 2 rings (SSSR count). The van der Waals surface area contributed by atoms with E-state index in [0.29, 0.717) is 11.7 Å². The molecule has 0 spiro atoms. The lowest BCUT2D eigenvalue weighted by molar-refractivity contribution is -0.117. The van der Waals surface area contributed by atoms with Gasteiger partial charge < -0.3 is 0 Å². The number of sulfonamides is 1. The van der Waals surface area contributed by atoms with Gasteiger partial charge in [-0.2, -0.15) is 0 Å². The summed E-state index contributed by atoms with van der Waals surface area (Å²) in [4.78, 5) is 13.4. The Morgan fingerprint density at radius 1 is 1.45 bits per heavy atom. The minimum atomic E-state index is -3.55. The number of anilines is 1. The molecule has 2 N–H and O–H groups in total. The number of rotatable bonds is 6. The van der Waals surface area contributed by atoms with Crippen molar-refractivity contribution in [3.05, 3.63) is 5.01 Å². The molecule has 0 aromatic carbocycles. The van der Waals surface area contributed by atoms with Crippen LogP contribution < -0.4 is 10.0 Å². The van der Waals surface area contributed by atoms with E-state index in [4.69, 9.17) is 5.14 Å². The Kier molecular flexibility index (Phi) is 4.71. The Balaban J connectivity index is 2.02. The van der Waals surface area contributed by atoms with Gasteiger partial charge in [0.15, 0.2) is 0 Å². The molecule has 1 atom stereocenters. The number of hydrogen-bond donors (Lipinski definition) is 1. The average molecular weight is 318 g/mol. The van der Waals surface area contributed by atoms with E-state index in [9.17, 15) is 13.2 Å². The fourth-order valence-corrected chi connectivity index (χ4v) is 3.98. The van der Waals surface area contributed by atoms with Crippen molar-refractivity contribution in [2.24, 2.45) is 11.1 Å². The maximum atomic E-state index is 11.9. The number of aryl methyl sites for hydroxylation is 1. The molecule has 1 unspecified atom stereocenters. The molecule has 1 saturated heterocycles. The summed E-state index contributed by atoms with van der Waals surface area (Å²) < 4.78 is 22.2. The van der Waals surface area contributed by atoms with Gasteiger partial charge in [0.1, 0.15) is 5.01 Å². The highest BCUT2D eigenvalue weighted by molar-refractivity contribution is 7.89. The second kappa shape index (κ2) is 6.15. The van der Waals surface area contributed by atoms with Crippen LogP contribution in [0, 0.1) is 5.92 Å². The zero-order valence-electron chi connectivity index (χ0n) is 11.3. The molecule has 9 heteroatoms. The quantitative estimate of drug-likeness (QED) is 0.823. The second-order valence-electron chi connectivity index (χ2n) is 4.99. The molecule has 1 fully saturated rings. The maximum absolute atomic E-state index is 11.9. The third-order valence-corrected chi connectivity index (χ3v) is 5.05. The number of nitrogens with two attached hydrogens (primary N) is 1. The van der Waals surface area contributed by atoms with Crippen molar-refractivity contribution in [3.8, 4) is 0 Å². The number of primary sulfonamides is 1. The van der Waals surface area contributed by atoms with Gasteiger partial charge in [-0.3, -0.25) is 9.69 Å². The highest BCUT2D eigenvalue weighted by Crippen LogP contribution is 2.28. The molecule has 0 saturated carbocycles. The monoisotopic (exact) mass is 318 g/mol. The van der Waals surface area contributed by atoms with Gasteiger partial charge in [-0.25, -0.2) is 13.6 Å². The summed E-state index contributed by atoms with van der Waals surface area (Å²) in [5.74, 6) is -0.547. The molecular weight excluding hydrogens is 300 g/mol. The molecule has 7 nitrogen and oxygen atoms in total. The zero-order chi connectivity index (χ0) is 14.8. The van der Waals surface area contributed by atoms with Gasteiger partial charge in [0.2, 0.25) is 21.1 Å². The second-order valence-corrected chi connectivity index (χ2v) is 7.69. The maximum Gasteiger partial charge on any atom is 0.229 e. The number of carbonyl (C=O) groups excluding carboxylic acids is 1. The summed E-state index contributed by atoms with van der Waals surface area (Å²) in [5, 5.41) is 14.6. The Bertz CT molecular complexity index is 584. The number of carbonyl (C=O) groups is 1. The minimum Gasteiger partial charge on any atom is -0.286 e. The third kappa shape index (κ3) is 3.97. The van der Waals surface area contributed by atoms with Crippen LogP contribution in [0.4, 0.5) is 5.13 Å². The van der Waals surface area contributed by atoms with Gasteiger partial charge >= 0.3 is 0 Å². The van der Waals surface area contributed by atoms with Crippen molar-refractivity contribution >= 4 is 32.4 Å². The van der Waals surface area contributed by atoms with E-state index < -0.39 is 10.0 Å². The number of nitrogens with zero attached hydrogens (tertiary/aromatic N) is 3. The first-order valence-corrected chi connectivity index (χ1v) is 9.05. The van der Waals surface area contributed by atoms with E-state index in [2.05, 4.69) is 17.1 Å². The van der Waals surface area contributed by atoms with Crippen LogP contribution in [0.5, 0.6) is 0 Å². The molecule has 1 aromatic heterocycles. The molecule has 112 valence electrons. The lowest BCUT2D eigenvalue weighted by Crippen LogP contribution is -2.27. The fourth-order valence-electron chi connectivity index (χ4n) is 2.19. The Morgan fingerprint density at radius 3 is 2.85 bits per heavy atom. The van der Waals surface area contributed by atoms with E-state index in [1.807, 2.05) is 0 Å². The lowest BCUT2D eigenvalue weighted by atomic mass is 10.1. The van der Waals surface area contributed by atoms with Gasteiger partial charge in [0.05, 0.1) is 5.75 Å². The van der Waals surface area contributed by atoms with Crippen LogP contribution in [-0.2, 0) is 21.2 Å². The first-order chi connectivity index (χ1) is 9.39. The van der Waals surface area contributed by atoms with Crippen LogP contribution in [0.25, 0.3) is 0 Å². The zero-order valence-corrected chi connectivity index (χ0v) is 12.9. The summed E-state index contributed by atoms with van der Waals surface area (Å²) in [6.45, 7) is 2.45. The highest BCUT2D eigenvalue weighted by atomic mass is 32.2. The molecule has 0 aliphatic carbocycles. The van der Waals surface area contributed by atoms with Crippen molar-refractivity contribution in [1.29, 1.82) is 0 Å². The van der Waals surface area contributed by atoms with Crippen molar-refractivity contribution in [2.75, 3.05) is 17.2 Å². The number of amides is 1. The molecule has 1 aliphatic heterocycles. The van der Waals surface area contributed by atoms with Gasteiger partial charge in [0, 0.05) is 25.3 Å². The van der Waals surface area contributed by atoms with E-state index in [1.54, 1.807) is 0 Å². The molecule has 20 heavy (non-hydrogen) atoms. The van der Waals surface area contributed by atoms with Crippen LogP contribution in [0.1, 0.15) is 31.2 Å². The number of hydrogen-bond acceptors (Lipinski definition) is 6. The van der Waals surface area contributed by atoms with Gasteiger partial charge in [-0.15, -0.1) is 10.2 Å². The molecule has 1 aromatic rings. The van der Waals surface area contributed by atoms with Crippen LogP contribution in [0.3, 0.4) is 0 Å². The van der Waals surface area contributed by atoms with Gasteiger partial charge in [-0.05, 0) is 6.42 Å². The normalized spacial score (nSPS) is 19.8. The lowest BCUT2D eigenvalue weighted by Gasteiger charge is -2.11. The topological polar surface area (TPSA) is 106 Å². The summed E-state index contributed by atoms with van der Waals surface area (Å²) in [6.07, 6.45) is 3.17. The van der Waals surface area contributed by atoms with E-state index >= 15 is 0 Å². The molecule has 1 aliphatic rings. The summed E-state index contributed by atoms with van der Waals surface area (Å²) in [7, 11) is -3.55. The van der Waals surface area contributed by atoms with E-state index in [1.165, 1.54) is 16.2 Å². The summed E-state index contributed by atoms with van der Waals surface area (Å²) >= 11 is 1.40. The molecule has 0 bridgehead atoms. The molecular formula is C11H18N4O3S2. The van der Waals surface area contributed by atoms with Gasteiger partial charge in [-0.1, -0.05) is 24.7 Å². The highest BCUT2D eigenvalue weighted by Gasteiger charge is 2.34. The van der Waals surface area contributed by atoms with Crippen molar-refractivity contribution < 1.29 is 13.2 Å². The van der Waals surface area contributed by atoms with E-state index in [-0.39, 0.29) is 24.0 Å². The minimum absolute atomic E-state index is 0.114. The average Bonchev–Trinajstić information content (AvgIpc) is 2.91. The number of aromatic nitrogens is 2. The molecule has 0 radical (unpaired) electrons.